The minimum absolute atomic E-state index is 0.897. The summed E-state index contributed by atoms with van der Waals surface area (Å²) >= 11 is 0. The summed E-state index contributed by atoms with van der Waals surface area (Å²) in [6.45, 7) is 2.15. The first kappa shape index (κ1) is 17.3. The Morgan fingerprint density at radius 2 is 1.56 bits per heavy atom. The minimum atomic E-state index is 0.897. The monoisotopic (exact) mass is 352 g/mol. The zero-order valence-electron chi connectivity index (χ0n) is 15.9. The lowest BCUT2D eigenvalue weighted by atomic mass is 9.97. The molecular weight excluding hydrogens is 328 g/mol. The molecular formula is C25H24N2. The van der Waals surface area contributed by atoms with Crippen LogP contribution in [0.3, 0.4) is 0 Å². The molecule has 4 aromatic rings. The van der Waals surface area contributed by atoms with Crippen molar-refractivity contribution >= 4 is 16.7 Å². The van der Waals surface area contributed by atoms with Crippen molar-refractivity contribution in [3.63, 3.8) is 0 Å². The van der Waals surface area contributed by atoms with Gasteiger partial charge in [-0.3, -0.25) is 0 Å². The second kappa shape index (κ2) is 7.63. The Morgan fingerprint density at radius 3 is 2.30 bits per heavy atom. The van der Waals surface area contributed by atoms with Crippen LogP contribution in [-0.2, 0) is 12.8 Å². The number of pyridine rings is 1. The van der Waals surface area contributed by atoms with Crippen molar-refractivity contribution in [2.45, 2.75) is 19.8 Å². The van der Waals surface area contributed by atoms with Gasteiger partial charge in [-0.05, 0) is 60.2 Å². The van der Waals surface area contributed by atoms with Crippen molar-refractivity contribution in [3.8, 4) is 11.1 Å². The van der Waals surface area contributed by atoms with Crippen LogP contribution in [0.25, 0.3) is 22.0 Å². The normalized spacial score (nSPS) is 10.9. The first-order valence-electron chi connectivity index (χ1n) is 9.45. The predicted molar refractivity (Wildman–Crippen MR) is 115 cm³/mol. The Kier molecular flexibility index (Phi) is 4.88. The summed E-state index contributed by atoms with van der Waals surface area (Å²) in [6.07, 6.45) is 2.08. The lowest BCUT2D eigenvalue weighted by molar-refractivity contribution is 0.960. The molecule has 0 saturated heterocycles. The van der Waals surface area contributed by atoms with E-state index in [4.69, 9.17) is 4.98 Å². The lowest BCUT2D eigenvalue weighted by Crippen LogP contribution is -1.96. The molecule has 0 atom stereocenters. The van der Waals surface area contributed by atoms with E-state index in [-0.39, 0.29) is 0 Å². The molecule has 0 radical (unpaired) electrons. The van der Waals surface area contributed by atoms with Crippen LogP contribution in [-0.4, -0.2) is 12.0 Å². The van der Waals surface area contributed by atoms with Crippen LogP contribution in [0.2, 0.25) is 0 Å². The predicted octanol–water partition coefficient (Wildman–Crippen LogP) is 6.04. The molecule has 134 valence electrons. The van der Waals surface area contributed by atoms with E-state index in [2.05, 4.69) is 91.1 Å². The van der Waals surface area contributed by atoms with Gasteiger partial charge >= 0.3 is 0 Å². The van der Waals surface area contributed by atoms with E-state index in [9.17, 15) is 0 Å². The number of nitrogens with one attached hydrogen (secondary N) is 1. The number of hydrogen-bond acceptors (Lipinski definition) is 2. The topological polar surface area (TPSA) is 24.9 Å². The van der Waals surface area contributed by atoms with Crippen molar-refractivity contribution in [1.82, 2.24) is 4.98 Å². The number of anilines is 1. The summed E-state index contributed by atoms with van der Waals surface area (Å²) in [6, 6.07) is 28.1. The van der Waals surface area contributed by atoms with Gasteiger partial charge in [-0.25, -0.2) is 4.98 Å². The molecule has 0 saturated carbocycles. The molecule has 0 spiro atoms. The number of fused-ring (bicyclic) bond motifs is 1. The SMILES string of the molecule is CNc1cc(-c2ccccc2)c2cc(CCc3cccc(C)c3)ccc2n1. The van der Waals surface area contributed by atoms with Crippen molar-refractivity contribution < 1.29 is 0 Å². The largest absolute Gasteiger partial charge is 0.373 e. The van der Waals surface area contributed by atoms with Crippen molar-refractivity contribution in [3.05, 3.63) is 95.6 Å². The van der Waals surface area contributed by atoms with E-state index < -0.39 is 0 Å². The van der Waals surface area contributed by atoms with E-state index in [0.717, 1.165) is 24.2 Å². The van der Waals surface area contributed by atoms with E-state index in [0.29, 0.717) is 0 Å². The third kappa shape index (κ3) is 3.85. The fraction of sp³-hybridized carbons (Fsp3) is 0.160. The number of hydrogen-bond donors (Lipinski definition) is 1. The van der Waals surface area contributed by atoms with Crippen LogP contribution in [0, 0.1) is 6.92 Å². The maximum Gasteiger partial charge on any atom is 0.127 e. The number of benzene rings is 3. The average Bonchev–Trinajstić information content (AvgIpc) is 2.72. The zero-order chi connectivity index (χ0) is 18.6. The summed E-state index contributed by atoms with van der Waals surface area (Å²) in [5.41, 5.74) is 7.53. The fourth-order valence-electron chi connectivity index (χ4n) is 3.57. The third-order valence-electron chi connectivity index (χ3n) is 5.00. The highest BCUT2D eigenvalue weighted by Gasteiger charge is 2.09. The number of rotatable bonds is 5. The first-order chi connectivity index (χ1) is 13.2. The molecule has 0 aliphatic rings. The Hall–Kier alpha value is -3.13. The molecule has 2 heteroatoms. The molecule has 1 heterocycles. The Balaban J connectivity index is 1.72. The van der Waals surface area contributed by atoms with Crippen molar-refractivity contribution in [1.29, 1.82) is 0 Å². The molecule has 27 heavy (non-hydrogen) atoms. The molecule has 0 aliphatic heterocycles. The Bertz CT molecular complexity index is 1070. The van der Waals surface area contributed by atoms with Crippen LogP contribution < -0.4 is 5.32 Å². The summed E-state index contributed by atoms with van der Waals surface area (Å²) in [7, 11) is 1.92. The Morgan fingerprint density at radius 1 is 0.778 bits per heavy atom. The molecule has 0 aliphatic carbocycles. The Labute approximate surface area is 160 Å². The highest BCUT2D eigenvalue weighted by molar-refractivity contribution is 5.96. The van der Waals surface area contributed by atoms with Crippen LogP contribution in [0.1, 0.15) is 16.7 Å². The molecule has 0 bridgehead atoms. The van der Waals surface area contributed by atoms with Gasteiger partial charge in [0.15, 0.2) is 0 Å². The van der Waals surface area contributed by atoms with E-state index in [1.807, 2.05) is 7.05 Å². The average molecular weight is 352 g/mol. The summed E-state index contributed by atoms with van der Waals surface area (Å²) in [5, 5.41) is 4.39. The highest BCUT2D eigenvalue weighted by atomic mass is 15.0. The van der Waals surface area contributed by atoms with Crippen molar-refractivity contribution in [2.24, 2.45) is 0 Å². The highest BCUT2D eigenvalue weighted by Crippen LogP contribution is 2.31. The van der Waals surface area contributed by atoms with E-state index in [1.165, 1.54) is 33.2 Å². The number of nitrogens with zero attached hydrogens (tertiary/aromatic N) is 1. The standard InChI is InChI=1S/C25H24N2/c1-18-7-6-8-19(15-18)11-12-20-13-14-24-23(16-20)22(17-25(26-2)27-24)21-9-4-3-5-10-21/h3-10,13-17H,11-12H2,1-2H3,(H,26,27). The molecule has 4 rings (SSSR count). The van der Waals surface area contributed by atoms with Gasteiger partial charge in [-0.1, -0.05) is 66.2 Å². The second-order valence-corrected chi connectivity index (χ2v) is 7.01. The quantitative estimate of drug-likeness (QED) is 0.474. The molecule has 0 fully saturated rings. The van der Waals surface area contributed by atoms with Crippen LogP contribution in [0.4, 0.5) is 5.82 Å². The maximum atomic E-state index is 4.74. The van der Waals surface area contributed by atoms with E-state index >= 15 is 0 Å². The maximum absolute atomic E-state index is 4.74. The van der Waals surface area contributed by atoms with Crippen LogP contribution in [0.15, 0.2) is 78.9 Å². The van der Waals surface area contributed by atoms with Gasteiger partial charge in [-0.2, -0.15) is 0 Å². The third-order valence-corrected chi connectivity index (χ3v) is 5.00. The molecule has 2 nitrogen and oxygen atoms in total. The van der Waals surface area contributed by atoms with Gasteiger partial charge in [0.25, 0.3) is 0 Å². The van der Waals surface area contributed by atoms with Gasteiger partial charge in [0, 0.05) is 12.4 Å². The van der Waals surface area contributed by atoms with Gasteiger partial charge in [0.05, 0.1) is 5.52 Å². The summed E-state index contributed by atoms with van der Waals surface area (Å²) < 4.78 is 0. The van der Waals surface area contributed by atoms with E-state index in [1.54, 1.807) is 0 Å². The van der Waals surface area contributed by atoms with Crippen LogP contribution in [0.5, 0.6) is 0 Å². The van der Waals surface area contributed by atoms with Gasteiger partial charge in [0.1, 0.15) is 5.82 Å². The molecule has 1 N–H and O–H groups in total. The molecule has 1 aromatic heterocycles. The number of aryl methyl sites for hydroxylation is 3. The van der Waals surface area contributed by atoms with Gasteiger partial charge < -0.3 is 5.32 Å². The summed E-state index contributed by atoms with van der Waals surface area (Å²) in [5.74, 6) is 0.897. The summed E-state index contributed by atoms with van der Waals surface area (Å²) in [4.78, 5) is 4.74. The lowest BCUT2D eigenvalue weighted by Gasteiger charge is -2.12. The van der Waals surface area contributed by atoms with Crippen LogP contribution >= 0.6 is 0 Å². The number of aromatic nitrogens is 1. The second-order valence-electron chi connectivity index (χ2n) is 7.01. The van der Waals surface area contributed by atoms with Gasteiger partial charge in [0.2, 0.25) is 0 Å². The molecule has 0 unspecified atom stereocenters. The smallest absolute Gasteiger partial charge is 0.127 e. The first-order valence-corrected chi connectivity index (χ1v) is 9.45. The fourth-order valence-corrected chi connectivity index (χ4v) is 3.57. The van der Waals surface area contributed by atoms with Gasteiger partial charge in [-0.15, -0.1) is 0 Å². The zero-order valence-corrected chi connectivity index (χ0v) is 15.9. The molecule has 0 amide bonds. The molecule has 3 aromatic carbocycles. The van der Waals surface area contributed by atoms with Crippen molar-refractivity contribution in [2.75, 3.05) is 12.4 Å². The minimum Gasteiger partial charge on any atom is -0.373 e.